The van der Waals surface area contributed by atoms with E-state index in [1.54, 1.807) is 21.6 Å². The number of benzene rings is 1. The zero-order valence-corrected chi connectivity index (χ0v) is 15.0. The molecule has 0 saturated carbocycles. The second kappa shape index (κ2) is 6.12. The van der Waals surface area contributed by atoms with Crippen LogP contribution in [0.5, 0.6) is 0 Å². The quantitative estimate of drug-likeness (QED) is 0.498. The molecule has 8 nitrogen and oxygen atoms in total. The molecule has 0 radical (unpaired) electrons. The summed E-state index contributed by atoms with van der Waals surface area (Å²) >= 11 is 0. The van der Waals surface area contributed by atoms with Gasteiger partial charge in [0.05, 0.1) is 28.0 Å². The number of nitrogens with one attached hydrogen (secondary N) is 1. The monoisotopic (exact) mass is 398 g/mol. The van der Waals surface area contributed by atoms with E-state index in [1.165, 1.54) is 18.5 Å². The first-order valence-corrected chi connectivity index (χ1v) is 8.74. The van der Waals surface area contributed by atoms with Crippen LogP contribution in [0.15, 0.2) is 43.0 Å². The van der Waals surface area contributed by atoms with E-state index in [0.717, 1.165) is 17.5 Å². The van der Waals surface area contributed by atoms with Crippen LogP contribution in [0, 0.1) is 0 Å². The highest BCUT2D eigenvalue weighted by Gasteiger charge is 2.30. The van der Waals surface area contributed by atoms with Gasteiger partial charge in [-0.05, 0) is 25.1 Å². The van der Waals surface area contributed by atoms with Crippen LogP contribution >= 0.6 is 0 Å². The predicted octanol–water partition coefficient (Wildman–Crippen LogP) is 3.80. The zero-order chi connectivity index (χ0) is 20.2. The fourth-order valence-electron chi connectivity index (χ4n) is 3.28. The molecule has 0 bridgehead atoms. The van der Waals surface area contributed by atoms with Crippen LogP contribution in [0.25, 0.3) is 27.7 Å². The van der Waals surface area contributed by atoms with E-state index in [9.17, 15) is 13.2 Å². The third-order valence-electron chi connectivity index (χ3n) is 4.60. The van der Waals surface area contributed by atoms with Gasteiger partial charge < -0.3 is 5.32 Å². The lowest BCUT2D eigenvalue weighted by Gasteiger charge is -2.12. The van der Waals surface area contributed by atoms with Crippen molar-refractivity contribution in [3.8, 4) is 0 Å². The molecule has 0 aliphatic carbocycles. The number of pyridine rings is 1. The third-order valence-corrected chi connectivity index (χ3v) is 4.60. The topological polar surface area (TPSA) is 85.8 Å². The molecule has 0 fully saturated rings. The Morgan fingerprint density at radius 2 is 1.93 bits per heavy atom. The first-order valence-electron chi connectivity index (χ1n) is 8.74. The van der Waals surface area contributed by atoms with Gasteiger partial charge in [0, 0.05) is 18.4 Å². The molecule has 1 N–H and O–H groups in total. The zero-order valence-electron chi connectivity index (χ0n) is 15.0. The number of hydrogen-bond donors (Lipinski definition) is 1. The van der Waals surface area contributed by atoms with Crippen molar-refractivity contribution in [1.82, 2.24) is 34.3 Å². The largest absolute Gasteiger partial charge is 0.416 e. The Kier molecular flexibility index (Phi) is 3.66. The summed E-state index contributed by atoms with van der Waals surface area (Å²) < 4.78 is 42.5. The molecule has 29 heavy (non-hydrogen) atoms. The van der Waals surface area contributed by atoms with Gasteiger partial charge in [-0.25, -0.2) is 9.67 Å². The smallest absolute Gasteiger partial charge is 0.339 e. The molecule has 5 rings (SSSR count). The van der Waals surface area contributed by atoms with E-state index in [-0.39, 0.29) is 5.69 Å². The maximum atomic E-state index is 13.1. The number of alkyl halides is 3. The maximum absolute atomic E-state index is 13.1. The molecule has 0 saturated heterocycles. The Bertz CT molecular complexity index is 1370. The van der Waals surface area contributed by atoms with Crippen molar-refractivity contribution in [1.29, 1.82) is 0 Å². The summed E-state index contributed by atoms with van der Waals surface area (Å²) in [5.41, 5.74) is 0.849. The van der Waals surface area contributed by atoms with Crippen LogP contribution in [0.3, 0.4) is 0 Å². The highest BCUT2D eigenvalue weighted by atomic mass is 19.4. The number of halogens is 3. The Balaban J connectivity index is 1.74. The first kappa shape index (κ1) is 17.3. The molecule has 5 aromatic rings. The van der Waals surface area contributed by atoms with Crippen molar-refractivity contribution < 1.29 is 13.2 Å². The van der Waals surface area contributed by atoms with Gasteiger partial charge in [0.2, 0.25) is 0 Å². The molecular formula is C18H13F3N8. The average molecular weight is 398 g/mol. The van der Waals surface area contributed by atoms with Crippen molar-refractivity contribution in [2.45, 2.75) is 19.6 Å². The Labute approximate surface area is 161 Å². The van der Waals surface area contributed by atoms with E-state index >= 15 is 0 Å². The lowest BCUT2D eigenvalue weighted by Crippen LogP contribution is -2.06. The molecule has 1 aromatic carbocycles. The molecule has 11 heteroatoms. The van der Waals surface area contributed by atoms with Crippen LogP contribution < -0.4 is 5.32 Å². The summed E-state index contributed by atoms with van der Waals surface area (Å²) in [5.74, 6) is 0.641. The highest BCUT2D eigenvalue weighted by Crippen LogP contribution is 2.33. The molecule has 0 amide bonds. The second-order valence-electron chi connectivity index (χ2n) is 6.35. The summed E-state index contributed by atoms with van der Waals surface area (Å²) in [6.07, 6.45) is 0.220. The predicted molar refractivity (Wildman–Crippen MR) is 99.8 cm³/mol. The van der Waals surface area contributed by atoms with Crippen molar-refractivity contribution in [3.05, 3.63) is 48.5 Å². The lowest BCUT2D eigenvalue weighted by molar-refractivity contribution is -0.137. The lowest BCUT2D eigenvalue weighted by atomic mass is 10.2. The number of anilines is 2. The first-order chi connectivity index (χ1) is 14.0. The number of hydrogen-bond acceptors (Lipinski definition) is 6. The van der Waals surface area contributed by atoms with Crippen LogP contribution in [-0.2, 0) is 12.7 Å². The van der Waals surface area contributed by atoms with E-state index in [0.29, 0.717) is 34.7 Å². The molecule has 0 unspecified atom stereocenters. The Morgan fingerprint density at radius 1 is 1.07 bits per heavy atom. The fourth-order valence-corrected chi connectivity index (χ4v) is 3.28. The van der Waals surface area contributed by atoms with Crippen molar-refractivity contribution in [3.63, 3.8) is 0 Å². The molecule has 4 aromatic heterocycles. The van der Waals surface area contributed by atoms with Crippen LogP contribution in [0.1, 0.15) is 12.5 Å². The minimum Gasteiger partial charge on any atom is -0.339 e. The fraction of sp³-hybridized carbons (Fsp3) is 0.167. The number of nitrogens with zero attached hydrogens (tertiary/aromatic N) is 7. The van der Waals surface area contributed by atoms with E-state index in [4.69, 9.17) is 0 Å². The third kappa shape index (κ3) is 2.73. The second-order valence-corrected chi connectivity index (χ2v) is 6.35. The van der Waals surface area contributed by atoms with Crippen LogP contribution in [-0.4, -0.2) is 34.3 Å². The standard InChI is InChI=1S/C18H13F3N8/c1-2-28-16-13(8-24-28)14-12(7-22-16)15(27-17-23-9-25-29(14)17)26-11-5-3-4-10(6-11)18(19,20)21/h3-9H,2H2,1H3,(H,23,25,26,27). The SMILES string of the molecule is CCn1ncc2c1ncc1c(Nc3cccc(C(F)(F)F)c3)nc3ncnn3c12. The molecule has 0 aliphatic rings. The molecule has 146 valence electrons. The Hall–Kier alpha value is -3.76. The summed E-state index contributed by atoms with van der Waals surface area (Å²) in [5, 5.41) is 12.9. The maximum Gasteiger partial charge on any atom is 0.416 e. The Morgan fingerprint density at radius 3 is 2.72 bits per heavy atom. The molecule has 0 spiro atoms. The van der Waals surface area contributed by atoms with Crippen molar-refractivity contribution in [2.24, 2.45) is 0 Å². The number of rotatable bonds is 3. The van der Waals surface area contributed by atoms with Crippen LogP contribution in [0.2, 0.25) is 0 Å². The molecule has 0 aliphatic heterocycles. The van der Waals surface area contributed by atoms with Gasteiger partial charge in [0.1, 0.15) is 12.1 Å². The van der Waals surface area contributed by atoms with Gasteiger partial charge >= 0.3 is 6.18 Å². The molecular weight excluding hydrogens is 385 g/mol. The number of fused-ring (bicyclic) bond motifs is 5. The van der Waals surface area contributed by atoms with Crippen molar-refractivity contribution in [2.75, 3.05) is 5.32 Å². The average Bonchev–Trinajstić information content (AvgIpc) is 3.33. The summed E-state index contributed by atoms with van der Waals surface area (Å²) in [6, 6.07) is 4.92. The van der Waals surface area contributed by atoms with Gasteiger partial charge in [-0.3, -0.25) is 0 Å². The minimum atomic E-state index is -4.44. The van der Waals surface area contributed by atoms with Gasteiger partial charge in [0.25, 0.3) is 5.78 Å². The summed E-state index contributed by atoms with van der Waals surface area (Å²) in [6.45, 7) is 2.60. The molecule has 0 atom stereocenters. The van der Waals surface area contributed by atoms with E-state index < -0.39 is 11.7 Å². The minimum absolute atomic E-state index is 0.252. The van der Waals surface area contributed by atoms with Crippen molar-refractivity contribution >= 4 is 39.2 Å². The number of aromatic nitrogens is 7. The highest BCUT2D eigenvalue weighted by molar-refractivity contribution is 6.06. The van der Waals surface area contributed by atoms with Gasteiger partial charge in [0.15, 0.2) is 5.65 Å². The normalized spacial score (nSPS) is 12.3. The number of aryl methyl sites for hydroxylation is 1. The molecule has 4 heterocycles. The van der Waals surface area contributed by atoms with E-state index in [1.807, 2.05) is 6.92 Å². The van der Waals surface area contributed by atoms with E-state index in [2.05, 4.69) is 30.5 Å². The van der Waals surface area contributed by atoms with Gasteiger partial charge in [-0.2, -0.15) is 37.9 Å². The summed E-state index contributed by atoms with van der Waals surface area (Å²) in [7, 11) is 0. The van der Waals surface area contributed by atoms with Gasteiger partial charge in [-0.15, -0.1) is 0 Å². The van der Waals surface area contributed by atoms with Crippen LogP contribution in [0.4, 0.5) is 24.7 Å². The van der Waals surface area contributed by atoms with Gasteiger partial charge in [-0.1, -0.05) is 6.07 Å². The summed E-state index contributed by atoms with van der Waals surface area (Å²) in [4.78, 5) is 13.0.